The molecule has 33 heavy (non-hydrogen) atoms. The summed E-state index contributed by atoms with van der Waals surface area (Å²) < 4.78 is 28.2. The smallest absolute Gasteiger partial charge is 0.248 e. The molecule has 0 aliphatic carbocycles. The van der Waals surface area contributed by atoms with E-state index in [9.17, 15) is 18.0 Å². The van der Waals surface area contributed by atoms with Crippen molar-refractivity contribution in [2.45, 2.75) is 44.0 Å². The molecule has 0 aliphatic rings. The molecule has 2 aromatic carbocycles. The summed E-state index contributed by atoms with van der Waals surface area (Å²) in [7, 11) is -0.585. The Morgan fingerprint density at radius 2 is 1.82 bits per heavy atom. The minimum atomic E-state index is -3.57. The lowest BCUT2D eigenvalue weighted by atomic mass is 10.2. The van der Waals surface area contributed by atoms with Crippen LogP contribution in [0.2, 0.25) is 0 Å². The molecule has 9 nitrogen and oxygen atoms in total. The number of rotatable bonds is 10. The van der Waals surface area contributed by atoms with Crippen molar-refractivity contribution in [1.82, 2.24) is 13.9 Å². The molecule has 10 heteroatoms. The summed E-state index contributed by atoms with van der Waals surface area (Å²) in [5.74, 6) is 0.0178. The first-order valence-electron chi connectivity index (χ1n) is 10.7. The zero-order valence-electron chi connectivity index (χ0n) is 19.0. The first-order valence-corrected chi connectivity index (χ1v) is 12.2. The normalized spacial score (nSPS) is 11.8. The van der Waals surface area contributed by atoms with Gasteiger partial charge in [-0.05, 0) is 48.9 Å². The van der Waals surface area contributed by atoms with Gasteiger partial charge in [-0.25, -0.2) is 17.7 Å². The Morgan fingerprint density at radius 1 is 1.12 bits per heavy atom. The lowest BCUT2D eigenvalue weighted by molar-refractivity contribution is -0.116. The van der Waals surface area contributed by atoms with Gasteiger partial charge in [-0.2, -0.15) is 0 Å². The molecule has 3 rings (SSSR count). The number of carbonyl (C=O) groups is 2. The molecular weight excluding hydrogens is 442 g/mol. The average Bonchev–Trinajstić information content (AvgIpc) is 3.13. The second-order valence-electron chi connectivity index (χ2n) is 7.96. The molecular formula is C23H29N5O4S. The minimum absolute atomic E-state index is 0.184. The second-order valence-corrected chi connectivity index (χ2v) is 10.1. The van der Waals surface area contributed by atoms with Crippen LogP contribution in [0.25, 0.3) is 11.0 Å². The number of nitrogens with zero attached hydrogens (tertiary/aromatic N) is 3. The van der Waals surface area contributed by atoms with Gasteiger partial charge < -0.3 is 15.6 Å². The number of aryl methyl sites for hydroxylation is 2. The SMILES string of the molecule is CCCCn1c(CCC(=O)Nc2ccc(C(N)=O)cc2)nc2cc(S(=O)(=O)N(C)C)ccc21. The van der Waals surface area contributed by atoms with Crippen LogP contribution in [-0.4, -0.2) is 48.2 Å². The summed E-state index contributed by atoms with van der Waals surface area (Å²) in [4.78, 5) is 28.5. The number of hydrogen-bond donors (Lipinski definition) is 2. The van der Waals surface area contributed by atoms with Gasteiger partial charge in [-0.3, -0.25) is 9.59 Å². The van der Waals surface area contributed by atoms with Crippen molar-refractivity contribution in [2.24, 2.45) is 5.73 Å². The van der Waals surface area contributed by atoms with E-state index in [2.05, 4.69) is 21.8 Å². The van der Waals surface area contributed by atoms with Gasteiger partial charge in [0, 0.05) is 44.7 Å². The molecule has 0 radical (unpaired) electrons. The van der Waals surface area contributed by atoms with E-state index in [0.717, 1.165) is 30.7 Å². The molecule has 176 valence electrons. The van der Waals surface area contributed by atoms with Crippen molar-refractivity contribution in [3.05, 3.63) is 53.9 Å². The van der Waals surface area contributed by atoms with E-state index in [0.29, 0.717) is 23.2 Å². The fraction of sp³-hybridized carbons (Fsp3) is 0.348. The number of primary amides is 1. The van der Waals surface area contributed by atoms with Crippen LogP contribution in [0.1, 0.15) is 42.4 Å². The molecule has 0 unspecified atom stereocenters. The van der Waals surface area contributed by atoms with Crippen molar-refractivity contribution >= 4 is 38.6 Å². The molecule has 2 amide bonds. The average molecular weight is 472 g/mol. The van der Waals surface area contributed by atoms with Gasteiger partial charge in [0.05, 0.1) is 15.9 Å². The second kappa shape index (κ2) is 10.1. The maximum atomic E-state index is 12.5. The lowest BCUT2D eigenvalue weighted by Gasteiger charge is -2.11. The first kappa shape index (κ1) is 24.4. The Labute approximate surface area is 193 Å². The number of nitrogens with one attached hydrogen (secondary N) is 1. The molecule has 0 fully saturated rings. The third kappa shape index (κ3) is 5.58. The summed E-state index contributed by atoms with van der Waals surface area (Å²) in [5, 5.41) is 2.80. The molecule has 3 aromatic rings. The van der Waals surface area contributed by atoms with Crippen molar-refractivity contribution in [1.29, 1.82) is 0 Å². The van der Waals surface area contributed by atoms with Gasteiger partial charge in [-0.15, -0.1) is 0 Å². The van der Waals surface area contributed by atoms with Gasteiger partial charge in [0.15, 0.2) is 0 Å². The summed E-state index contributed by atoms with van der Waals surface area (Å²) in [6.07, 6.45) is 2.54. The van der Waals surface area contributed by atoms with Crippen LogP contribution in [0.4, 0.5) is 5.69 Å². The number of nitrogens with two attached hydrogens (primary N) is 1. The van der Waals surface area contributed by atoms with Gasteiger partial charge in [0.25, 0.3) is 0 Å². The van der Waals surface area contributed by atoms with Gasteiger partial charge >= 0.3 is 0 Å². The molecule has 0 bridgehead atoms. The maximum absolute atomic E-state index is 12.5. The molecule has 3 N–H and O–H groups in total. The Hall–Kier alpha value is -3.24. The van der Waals surface area contributed by atoms with Crippen LogP contribution in [0.15, 0.2) is 47.4 Å². The largest absolute Gasteiger partial charge is 0.366 e. The van der Waals surface area contributed by atoms with E-state index in [1.54, 1.807) is 42.5 Å². The van der Waals surface area contributed by atoms with Crippen LogP contribution in [-0.2, 0) is 27.8 Å². The van der Waals surface area contributed by atoms with Gasteiger partial charge in [0.1, 0.15) is 5.82 Å². The predicted molar refractivity (Wildman–Crippen MR) is 127 cm³/mol. The van der Waals surface area contributed by atoms with Crippen LogP contribution in [0.3, 0.4) is 0 Å². The molecule has 0 spiro atoms. The Balaban J connectivity index is 1.80. The predicted octanol–water partition coefficient (Wildman–Crippen LogP) is 2.76. The number of aromatic nitrogens is 2. The van der Waals surface area contributed by atoms with Crippen LogP contribution in [0, 0.1) is 0 Å². The van der Waals surface area contributed by atoms with Crippen molar-refractivity contribution in [3.8, 4) is 0 Å². The van der Waals surface area contributed by atoms with E-state index in [1.807, 2.05) is 0 Å². The fourth-order valence-electron chi connectivity index (χ4n) is 3.45. The summed E-state index contributed by atoms with van der Waals surface area (Å²) in [6.45, 7) is 2.83. The number of benzene rings is 2. The third-order valence-electron chi connectivity index (χ3n) is 5.34. The van der Waals surface area contributed by atoms with Crippen LogP contribution in [0.5, 0.6) is 0 Å². The minimum Gasteiger partial charge on any atom is -0.366 e. The number of fused-ring (bicyclic) bond motifs is 1. The fourth-order valence-corrected chi connectivity index (χ4v) is 4.38. The number of sulfonamides is 1. The highest BCUT2D eigenvalue weighted by atomic mass is 32.2. The Kier molecular flexibility index (Phi) is 7.50. The van der Waals surface area contributed by atoms with E-state index >= 15 is 0 Å². The van der Waals surface area contributed by atoms with E-state index < -0.39 is 15.9 Å². The number of imidazole rings is 1. The highest BCUT2D eigenvalue weighted by Crippen LogP contribution is 2.23. The van der Waals surface area contributed by atoms with Gasteiger partial charge in [0.2, 0.25) is 21.8 Å². The lowest BCUT2D eigenvalue weighted by Crippen LogP contribution is -2.22. The number of carbonyl (C=O) groups excluding carboxylic acids is 2. The van der Waals surface area contributed by atoms with Crippen molar-refractivity contribution in [2.75, 3.05) is 19.4 Å². The Bertz CT molecular complexity index is 1260. The van der Waals surface area contributed by atoms with E-state index in [4.69, 9.17) is 5.73 Å². The quantitative estimate of drug-likeness (QED) is 0.470. The number of hydrogen-bond acceptors (Lipinski definition) is 5. The number of amides is 2. The highest BCUT2D eigenvalue weighted by molar-refractivity contribution is 7.89. The zero-order chi connectivity index (χ0) is 24.2. The molecule has 1 aromatic heterocycles. The molecule has 0 aliphatic heterocycles. The first-order chi connectivity index (χ1) is 15.6. The highest BCUT2D eigenvalue weighted by Gasteiger charge is 2.20. The topological polar surface area (TPSA) is 127 Å². The Morgan fingerprint density at radius 3 is 2.42 bits per heavy atom. The monoisotopic (exact) mass is 471 g/mol. The molecule has 0 saturated heterocycles. The maximum Gasteiger partial charge on any atom is 0.248 e. The summed E-state index contributed by atoms with van der Waals surface area (Å²) >= 11 is 0. The number of anilines is 1. The molecule has 0 atom stereocenters. The van der Waals surface area contributed by atoms with Gasteiger partial charge in [-0.1, -0.05) is 13.3 Å². The molecule has 1 heterocycles. The summed E-state index contributed by atoms with van der Waals surface area (Å²) in [5.41, 5.74) is 7.61. The van der Waals surface area contributed by atoms with E-state index in [1.165, 1.54) is 18.4 Å². The molecule has 0 saturated carbocycles. The van der Waals surface area contributed by atoms with Crippen LogP contribution < -0.4 is 11.1 Å². The zero-order valence-corrected chi connectivity index (χ0v) is 19.9. The van der Waals surface area contributed by atoms with Crippen molar-refractivity contribution < 1.29 is 18.0 Å². The number of unbranched alkanes of at least 4 members (excludes halogenated alkanes) is 1. The third-order valence-corrected chi connectivity index (χ3v) is 7.15. The summed E-state index contributed by atoms with van der Waals surface area (Å²) in [6, 6.07) is 11.3. The van der Waals surface area contributed by atoms with Crippen molar-refractivity contribution in [3.63, 3.8) is 0 Å². The van der Waals surface area contributed by atoms with Crippen LogP contribution >= 0.6 is 0 Å². The van der Waals surface area contributed by atoms with E-state index in [-0.39, 0.29) is 17.2 Å². The standard InChI is InChI=1S/C23H29N5O4S/c1-4-5-14-28-20-11-10-18(33(31,32)27(2)3)15-19(20)26-21(28)12-13-22(29)25-17-8-6-16(7-9-17)23(24)30/h6-11,15H,4-5,12-14H2,1-3H3,(H2,24,30)(H,25,29).